The summed E-state index contributed by atoms with van der Waals surface area (Å²) in [6, 6.07) is 8.00. The Labute approximate surface area is 103 Å². The molecule has 0 spiro atoms. The van der Waals surface area contributed by atoms with Gasteiger partial charge in [-0.2, -0.15) is 0 Å². The van der Waals surface area contributed by atoms with E-state index in [1.54, 1.807) is 0 Å². The Bertz CT molecular complexity index is 323. The van der Waals surface area contributed by atoms with Gasteiger partial charge in [-0.1, -0.05) is 39.1 Å². The van der Waals surface area contributed by atoms with E-state index < -0.39 is 0 Å². The van der Waals surface area contributed by atoms with Gasteiger partial charge in [-0.3, -0.25) is 0 Å². The monoisotopic (exact) mass is 285 g/mol. The average Bonchev–Trinajstić information content (AvgIpc) is 2.16. The first kappa shape index (κ1) is 12.8. The first-order valence-electron chi connectivity index (χ1n) is 5.11. The summed E-state index contributed by atoms with van der Waals surface area (Å²) in [5.74, 6) is 0.939. The maximum absolute atomic E-state index is 5.84. The summed E-state index contributed by atoms with van der Waals surface area (Å²) >= 11 is 3.48. The number of para-hydroxylation sites is 1. The summed E-state index contributed by atoms with van der Waals surface area (Å²) in [6.07, 6.45) is 0. The Morgan fingerprint density at radius 2 is 1.87 bits per heavy atom. The predicted molar refractivity (Wildman–Crippen MR) is 71.2 cm³/mol. The minimum absolute atomic E-state index is 0.306. The van der Waals surface area contributed by atoms with Gasteiger partial charge in [-0.15, -0.1) is 0 Å². The maximum atomic E-state index is 5.84. The second kappa shape index (κ2) is 5.17. The predicted octanol–water partition coefficient (Wildman–Crippen LogP) is 4.36. The SMILES string of the molecule is C[Si](C)C(C)(C)COc1ccccc1Br. The normalized spacial score (nSPS) is 11.9. The van der Waals surface area contributed by atoms with Crippen LogP contribution in [0.15, 0.2) is 28.7 Å². The third-order valence-corrected chi connectivity index (χ3v) is 6.29. The molecule has 0 aliphatic rings. The summed E-state index contributed by atoms with van der Waals surface area (Å²) in [4.78, 5) is 0. The highest BCUT2D eigenvalue weighted by Gasteiger charge is 2.24. The van der Waals surface area contributed by atoms with Crippen LogP contribution in [0, 0.1) is 0 Å². The molecular formula is C12H18BrOSi. The lowest BCUT2D eigenvalue weighted by atomic mass is 10.2. The van der Waals surface area contributed by atoms with Gasteiger partial charge in [0.05, 0.1) is 19.9 Å². The standard InChI is InChI=1S/C12H18BrOSi/c1-12(2,15(3)4)9-14-11-8-6-5-7-10(11)13/h5-8H,9H2,1-4H3. The van der Waals surface area contributed by atoms with Gasteiger partial charge in [0, 0.05) is 0 Å². The molecule has 0 aliphatic heterocycles. The van der Waals surface area contributed by atoms with Crippen LogP contribution < -0.4 is 4.74 Å². The third-order valence-electron chi connectivity index (χ3n) is 2.78. The molecule has 0 aliphatic carbocycles. The summed E-state index contributed by atoms with van der Waals surface area (Å²) < 4.78 is 6.87. The zero-order valence-electron chi connectivity index (χ0n) is 9.80. The van der Waals surface area contributed by atoms with E-state index in [4.69, 9.17) is 4.74 Å². The number of benzene rings is 1. The van der Waals surface area contributed by atoms with Gasteiger partial charge in [0.1, 0.15) is 5.75 Å². The van der Waals surface area contributed by atoms with Gasteiger partial charge in [-0.25, -0.2) is 0 Å². The Hall–Kier alpha value is -0.283. The minimum Gasteiger partial charge on any atom is -0.492 e. The lowest BCUT2D eigenvalue weighted by molar-refractivity contribution is 0.275. The maximum Gasteiger partial charge on any atom is 0.133 e. The van der Waals surface area contributed by atoms with Crippen LogP contribution in [0.25, 0.3) is 0 Å². The van der Waals surface area contributed by atoms with Crippen molar-refractivity contribution in [3.63, 3.8) is 0 Å². The molecule has 1 radical (unpaired) electrons. The van der Waals surface area contributed by atoms with Gasteiger partial charge in [0.2, 0.25) is 0 Å². The number of halogens is 1. The topological polar surface area (TPSA) is 9.23 Å². The molecule has 15 heavy (non-hydrogen) atoms. The van der Waals surface area contributed by atoms with E-state index in [0.717, 1.165) is 16.8 Å². The highest BCUT2D eigenvalue weighted by molar-refractivity contribution is 9.10. The van der Waals surface area contributed by atoms with Gasteiger partial charge in [-0.05, 0) is 33.1 Å². The van der Waals surface area contributed by atoms with Crippen LogP contribution in [0.4, 0.5) is 0 Å². The van der Waals surface area contributed by atoms with Gasteiger partial charge >= 0.3 is 0 Å². The zero-order chi connectivity index (χ0) is 11.5. The molecule has 83 valence electrons. The molecule has 1 nitrogen and oxygen atoms in total. The van der Waals surface area contributed by atoms with Crippen molar-refractivity contribution in [2.45, 2.75) is 32.0 Å². The highest BCUT2D eigenvalue weighted by Crippen LogP contribution is 2.31. The quantitative estimate of drug-likeness (QED) is 0.747. The van der Waals surface area contributed by atoms with E-state index in [-0.39, 0.29) is 8.80 Å². The van der Waals surface area contributed by atoms with Crippen LogP contribution in [-0.4, -0.2) is 15.4 Å². The largest absolute Gasteiger partial charge is 0.492 e. The molecule has 0 atom stereocenters. The molecule has 1 rings (SSSR count). The van der Waals surface area contributed by atoms with E-state index in [1.165, 1.54) is 0 Å². The van der Waals surface area contributed by atoms with Gasteiger partial charge < -0.3 is 4.74 Å². The highest BCUT2D eigenvalue weighted by atomic mass is 79.9. The second-order valence-electron chi connectivity index (χ2n) is 4.60. The fraction of sp³-hybridized carbons (Fsp3) is 0.500. The van der Waals surface area contributed by atoms with Gasteiger partial charge in [0.15, 0.2) is 0 Å². The third kappa shape index (κ3) is 3.65. The summed E-state index contributed by atoms with van der Waals surface area (Å²) in [6.45, 7) is 10.00. The van der Waals surface area contributed by atoms with Crippen molar-refractivity contribution in [2.24, 2.45) is 0 Å². The molecule has 0 aromatic heterocycles. The van der Waals surface area contributed by atoms with Crippen LogP contribution >= 0.6 is 15.9 Å². The summed E-state index contributed by atoms with van der Waals surface area (Å²) in [7, 11) is -0.333. The smallest absolute Gasteiger partial charge is 0.133 e. The molecule has 1 aromatic carbocycles. The van der Waals surface area contributed by atoms with Crippen molar-refractivity contribution < 1.29 is 4.74 Å². The van der Waals surface area contributed by atoms with Gasteiger partial charge in [0.25, 0.3) is 0 Å². The van der Waals surface area contributed by atoms with Crippen LogP contribution in [0.1, 0.15) is 13.8 Å². The molecule has 0 saturated heterocycles. The van der Waals surface area contributed by atoms with Crippen molar-refractivity contribution in [2.75, 3.05) is 6.61 Å². The second-order valence-corrected chi connectivity index (χ2v) is 8.81. The molecule has 0 heterocycles. The first-order chi connectivity index (χ1) is 6.93. The number of hydrogen-bond donors (Lipinski definition) is 0. The minimum atomic E-state index is -0.333. The molecular weight excluding hydrogens is 268 g/mol. The molecule has 0 unspecified atom stereocenters. The number of ether oxygens (including phenoxy) is 1. The molecule has 0 amide bonds. The summed E-state index contributed by atoms with van der Waals surface area (Å²) in [5.41, 5.74) is 0. The lowest BCUT2D eigenvalue weighted by Crippen LogP contribution is -2.27. The first-order valence-corrected chi connectivity index (χ1v) is 8.41. The fourth-order valence-corrected chi connectivity index (χ4v) is 1.72. The lowest BCUT2D eigenvalue weighted by Gasteiger charge is -2.28. The Kier molecular flexibility index (Phi) is 4.41. The Morgan fingerprint density at radius 3 is 2.40 bits per heavy atom. The number of rotatable bonds is 4. The van der Waals surface area contributed by atoms with Crippen molar-refractivity contribution in [1.82, 2.24) is 0 Å². The molecule has 3 heteroatoms. The zero-order valence-corrected chi connectivity index (χ0v) is 12.4. The Balaban J connectivity index is 2.62. The van der Waals surface area contributed by atoms with E-state index in [0.29, 0.717) is 5.04 Å². The van der Waals surface area contributed by atoms with Crippen molar-refractivity contribution in [1.29, 1.82) is 0 Å². The van der Waals surface area contributed by atoms with E-state index in [1.807, 2.05) is 24.3 Å². The van der Waals surface area contributed by atoms with E-state index >= 15 is 0 Å². The molecule has 0 saturated carbocycles. The van der Waals surface area contributed by atoms with Crippen LogP contribution in [0.5, 0.6) is 5.75 Å². The van der Waals surface area contributed by atoms with Crippen molar-refractivity contribution >= 4 is 24.7 Å². The molecule has 0 fully saturated rings. The Morgan fingerprint density at radius 1 is 1.27 bits per heavy atom. The molecule has 0 bridgehead atoms. The van der Waals surface area contributed by atoms with Crippen molar-refractivity contribution in [3.05, 3.63) is 28.7 Å². The van der Waals surface area contributed by atoms with E-state index in [9.17, 15) is 0 Å². The van der Waals surface area contributed by atoms with Crippen molar-refractivity contribution in [3.8, 4) is 5.75 Å². The number of hydrogen-bond acceptors (Lipinski definition) is 1. The molecule has 0 N–H and O–H groups in total. The van der Waals surface area contributed by atoms with Crippen LogP contribution in [-0.2, 0) is 0 Å². The van der Waals surface area contributed by atoms with E-state index in [2.05, 4.69) is 42.9 Å². The average molecular weight is 286 g/mol. The molecule has 1 aromatic rings. The van der Waals surface area contributed by atoms with Crippen LogP contribution in [0.2, 0.25) is 18.1 Å². The van der Waals surface area contributed by atoms with Crippen LogP contribution in [0.3, 0.4) is 0 Å². The summed E-state index contributed by atoms with van der Waals surface area (Å²) in [5, 5.41) is 0.306. The fourth-order valence-electron chi connectivity index (χ4n) is 0.964.